The minimum atomic E-state index is -0.0825. The van der Waals surface area contributed by atoms with Crippen LogP contribution < -0.4 is 5.56 Å². The molecule has 1 aromatic carbocycles. The number of rotatable bonds is 2. The van der Waals surface area contributed by atoms with Crippen LogP contribution in [0.1, 0.15) is 11.1 Å². The van der Waals surface area contributed by atoms with E-state index in [0.29, 0.717) is 12.1 Å². The Morgan fingerprint density at radius 2 is 2.00 bits per heavy atom. The van der Waals surface area contributed by atoms with Crippen molar-refractivity contribution in [3.05, 3.63) is 68.5 Å². The van der Waals surface area contributed by atoms with Gasteiger partial charge in [0, 0.05) is 16.7 Å². The number of hydrogen-bond donors (Lipinski definition) is 0. The highest BCUT2D eigenvalue weighted by molar-refractivity contribution is 9.10. The van der Waals surface area contributed by atoms with Gasteiger partial charge in [0.25, 0.3) is 5.56 Å². The molecule has 0 aliphatic carbocycles. The Kier molecular flexibility index (Phi) is 3.40. The van der Waals surface area contributed by atoms with E-state index in [4.69, 9.17) is 5.26 Å². The first-order valence-corrected chi connectivity index (χ1v) is 5.84. The number of benzene rings is 1. The maximum absolute atomic E-state index is 11.6. The molecule has 0 saturated carbocycles. The van der Waals surface area contributed by atoms with Gasteiger partial charge in [0.05, 0.1) is 18.2 Å². The van der Waals surface area contributed by atoms with Crippen LogP contribution in [0.3, 0.4) is 0 Å². The molecule has 0 aliphatic heterocycles. The van der Waals surface area contributed by atoms with Gasteiger partial charge < -0.3 is 4.57 Å². The third-order valence-corrected chi connectivity index (χ3v) is 2.89. The van der Waals surface area contributed by atoms with Crippen LogP contribution in [0.25, 0.3) is 0 Å². The number of hydrogen-bond acceptors (Lipinski definition) is 2. The second kappa shape index (κ2) is 4.98. The molecule has 0 bridgehead atoms. The number of halogens is 1. The first-order valence-electron chi connectivity index (χ1n) is 5.05. The molecule has 2 rings (SSSR count). The molecule has 0 unspecified atom stereocenters. The summed E-state index contributed by atoms with van der Waals surface area (Å²) in [5, 5.41) is 8.97. The molecule has 4 heteroatoms. The molecule has 1 heterocycles. The maximum Gasteiger partial charge on any atom is 0.250 e. The van der Waals surface area contributed by atoms with Crippen LogP contribution in [0.5, 0.6) is 0 Å². The van der Waals surface area contributed by atoms with Crippen LogP contribution in [-0.4, -0.2) is 4.57 Å². The number of nitriles is 1. The van der Waals surface area contributed by atoms with E-state index in [1.54, 1.807) is 22.9 Å². The number of pyridine rings is 1. The average Bonchev–Trinajstić information content (AvgIpc) is 2.34. The van der Waals surface area contributed by atoms with Crippen LogP contribution in [0.15, 0.2) is 51.9 Å². The van der Waals surface area contributed by atoms with E-state index < -0.39 is 0 Å². The summed E-state index contributed by atoms with van der Waals surface area (Å²) in [6.45, 7) is 0.405. The number of aromatic nitrogens is 1. The van der Waals surface area contributed by atoms with Gasteiger partial charge in [-0.1, -0.05) is 18.2 Å². The van der Waals surface area contributed by atoms with Gasteiger partial charge in [0.1, 0.15) is 0 Å². The Morgan fingerprint density at radius 3 is 2.76 bits per heavy atom. The third kappa shape index (κ3) is 2.63. The Labute approximate surface area is 107 Å². The highest BCUT2D eigenvalue weighted by Gasteiger charge is 2.03. The molecule has 1 aromatic heterocycles. The summed E-state index contributed by atoms with van der Waals surface area (Å²) in [5.74, 6) is 0. The van der Waals surface area contributed by atoms with Gasteiger partial charge in [-0.2, -0.15) is 5.26 Å². The van der Waals surface area contributed by atoms with Crippen LogP contribution >= 0.6 is 15.9 Å². The van der Waals surface area contributed by atoms with Crippen LogP contribution in [0, 0.1) is 11.3 Å². The van der Waals surface area contributed by atoms with Crippen molar-refractivity contribution >= 4 is 15.9 Å². The molecule has 84 valence electrons. The molecular formula is C13H9BrN2O. The lowest BCUT2D eigenvalue weighted by Gasteiger charge is -2.07. The Bertz CT molecular complexity index is 640. The zero-order valence-corrected chi connectivity index (χ0v) is 10.5. The summed E-state index contributed by atoms with van der Waals surface area (Å²) in [7, 11) is 0. The van der Waals surface area contributed by atoms with Crippen molar-refractivity contribution in [3.8, 4) is 6.07 Å². The summed E-state index contributed by atoms with van der Waals surface area (Å²) < 4.78 is 2.41. The standard InChI is InChI=1S/C13H9BrN2O/c14-12-5-6-13(17)16(9-12)8-11-4-2-1-3-10(11)7-15/h1-6,9H,8H2. The lowest BCUT2D eigenvalue weighted by molar-refractivity contribution is 0.754. The first-order chi connectivity index (χ1) is 8.20. The molecule has 0 fully saturated rings. The van der Waals surface area contributed by atoms with Crippen molar-refractivity contribution in [2.24, 2.45) is 0 Å². The molecule has 0 N–H and O–H groups in total. The molecule has 0 amide bonds. The smallest absolute Gasteiger partial charge is 0.250 e. The summed E-state index contributed by atoms with van der Waals surface area (Å²) in [4.78, 5) is 11.6. The van der Waals surface area contributed by atoms with Crippen LogP contribution in [-0.2, 0) is 6.54 Å². The quantitative estimate of drug-likeness (QED) is 0.852. The van der Waals surface area contributed by atoms with E-state index in [1.165, 1.54) is 6.07 Å². The second-order valence-electron chi connectivity index (χ2n) is 3.58. The minimum Gasteiger partial charge on any atom is -0.310 e. The fourth-order valence-electron chi connectivity index (χ4n) is 1.58. The first kappa shape index (κ1) is 11.6. The molecule has 3 nitrogen and oxygen atoms in total. The van der Waals surface area contributed by atoms with E-state index in [9.17, 15) is 4.79 Å². The SMILES string of the molecule is N#Cc1ccccc1Cn1cc(Br)ccc1=O. The summed E-state index contributed by atoms with van der Waals surface area (Å²) in [5.41, 5.74) is 1.36. The van der Waals surface area contributed by atoms with Crippen molar-refractivity contribution < 1.29 is 0 Å². The molecule has 0 aliphatic rings. The fourth-order valence-corrected chi connectivity index (χ4v) is 1.96. The van der Waals surface area contributed by atoms with Gasteiger partial charge in [-0.3, -0.25) is 4.79 Å². The molecule has 17 heavy (non-hydrogen) atoms. The Hall–Kier alpha value is -1.86. The van der Waals surface area contributed by atoms with Gasteiger partial charge in [-0.25, -0.2) is 0 Å². The van der Waals surface area contributed by atoms with Gasteiger partial charge >= 0.3 is 0 Å². The van der Waals surface area contributed by atoms with Crippen molar-refractivity contribution in [2.75, 3.05) is 0 Å². The highest BCUT2D eigenvalue weighted by Crippen LogP contribution is 2.10. The maximum atomic E-state index is 11.6. The largest absolute Gasteiger partial charge is 0.310 e. The Morgan fingerprint density at radius 1 is 1.24 bits per heavy atom. The van der Waals surface area contributed by atoms with Gasteiger partial charge in [-0.05, 0) is 33.6 Å². The van der Waals surface area contributed by atoms with Crippen LogP contribution in [0.2, 0.25) is 0 Å². The average molecular weight is 289 g/mol. The Balaban J connectivity index is 2.42. The monoisotopic (exact) mass is 288 g/mol. The van der Waals surface area contributed by atoms with Crippen molar-refractivity contribution in [1.29, 1.82) is 5.26 Å². The molecule has 0 radical (unpaired) electrons. The lowest BCUT2D eigenvalue weighted by atomic mass is 10.1. The third-order valence-electron chi connectivity index (χ3n) is 2.43. The molecule has 0 spiro atoms. The number of nitrogens with zero attached hydrogens (tertiary/aromatic N) is 2. The van der Waals surface area contributed by atoms with Crippen molar-refractivity contribution in [3.63, 3.8) is 0 Å². The zero-order chi connectivity index (χ0) is 12.3. The van der Waals surface area contributed by atoms with Gasteiger partial charge in [-0.15, -0.1) is 0 Å². The van der Waals surface area contributed by atoms with Crippen molar-refractivity contribution in [1.82, 2.24) is 4.57 Å². The zero-order valence-electron chi connectivity index (χ0n) is 8.93. The molecule has 2 aromatic rings. The van der Waals surface area contributed by atoms with E-state index in [-0.39, 0.29) is 5.56 Å². The van der Waals surface area contributed by atoms with Gasteiger partial charge in [0.15, 0.2) is 0 Å². The predicted octanol–water partition coefficient (Wildman–Crippen LogP) is 2.53. The summed E-state index contributed by atoms with van der Waals surface area (Å²) in [6.07, 6.45) is 1.72. The minimum absolute atomic E-state index is 0.0825. The van der Waals surface area contributed by atoms with E-state index in [0.717, 1.165) is 10.0 Å². The molecular weight excluding hydrogens is 280 g/mol. The predicted molar refractivity (Wildman–Crippen MR) is 68.7 cm³/mol. The second-order valence-corrected chi connectivity index (χ2v) is 4.50. The fraction of sp³-hybridized carbons (Fsp3) is 0.0769. The summed E-state index contributed by atoms with van der Waals surface area (Å²) >= 11 is 3.32. The lowest BCUT2D eigenvalue weighted by Crippen LogP contribution is -2.19. The van der Waals surface area contributed by atoms with E-state index >= 15 is 0 Å². The van der Waals surface area contributed by atoms with E-state index in [2.05, 4.69) is 22.0 Å². The van der Waals surface area contributed by atoms with Gasteiger partial charge in [0.2, 0.25) is 0 Å². The molecule has 0 saturated heterocycles. The van der Waals surface area contributed by atoms with Crippen LogP contribution in [0.4, 0.5) is 0 Å². The van der Waals surface area contributed by atoms with E-state index in [1.807, 2.05) is 18.2 Å². The topological polar surface area (TPSA) is 45.8 Å². The van der Waals surface area contributed by atoms with Crippen molar-refractivity contribution in [2.45, 2.75) is 6.54 Å². The normalized spacial score (nSPS) is 9.88. The summed E-state index contributed by atoms with van der Waals surface area (Å²) in [6, 6.07) is 12.6. The molecule has 0 atom stereocenters. The highest BCUT2D eigenvalue weighted by atomic mass is 79.9.